The summed E-state index contributed by atoms with van der Waals surface area (Å²) in [6.07, 6.45) is 0. The summed E-state index contributed by atoms with van der Waals surface area (Å²) in [5.74, 6) is 0. The average Bonchev–Trinajstić information content (AvgIpc) is 3.37. The molecule has 0 spiro atoms. The second-order valence-electron chi connectivity index (χ2n) is 10.8. The maximum absolute atomic E-state index is 2.66. The summed E-state index contributed by atoms with van der Waals surface area (Å²) in [7, 11) is 1.54. The molecule has 198 valence electrons. The lowest BCUT2D eigenvalue weighted by molar-refractivity contribution is 1.13. The number of nitrogens with zero attached hydrogens (tertiary/aromatic N) is 2. The maximum atomic E-state index is 2.49. The molecule has 7 rings (SSSR count). The van der Waals surface area contributed by atoms with E-state index in [-0.39, 0.29) is 0 Å². The van der Waals surface area contributed by atoms with Gasteiger partial charge in [0.1, 0.15) is 0 Å². The number of fused-ring (bicyclic) bond motifs is 3. The van der Waals surface area contributed by atoms with Crippen molar-refractivity contribution in [3.05, 3.63) is 158 Å². The molecular formula is C38H32N2Si. The fraction of sp³-hybridized carbons (Fsp3) is 0.0526. The standard InChI is InChI=1S/C38H32N2Si/c1-39(2)29-22-24-33(25-23-29)41(31-16-8-4-9-17-31,32-18-10-5-11-19-32)34-26-27-38-36(28-34)35-20-12-13-21-37(35)40(38)30-14-6-3-7-15-30/h3-28H,1-2H3. The SMILES string of the molecule is CN(C)c1ccc([Si](c2ccccc2)(c2ccccc2)c2ccc3c(c2)c2ccccc2n3-c2ccccc2)cc1. The number of aromatic nitrogens is 1. The van der Waals surface area contributed by atoms with Crippen molar-refractivity contribution in [3.63, 3.8) is 0 Å². The van der Waals surface area contributed by atoms with E-state index >= 15 is 0 Å². The van der Waals surface area contributed by atoms with Gasteiger partial charge in [0.25, 0.3) is 0 Å². The van der Waals surface area contributed by atoms with E-state index in [4.69, 9.17) is 0 Å². The van der Waals surface area contributed by atoms with Gasteiger partial charge in [-0.2, -0.15) is 0 Å². The normalized spacial score (nSPS) is 11.7. The van der Waals surface area contributed by atoms with E-state index in [2.05, 4.69) is 181 Å². The lowest BCUT2D eigenvalue weighted by Gasteiger charge is -2.34. The average molecular weight is 545 g/mol. The van der Waals surface area contributed by atoms with Crippen molar-refractivity contribution in [1.82, 2.24) is 4.57 Å². The Labute approximate surface area is 242 Å². The molecule has 0 saturated carbocycles. The Morgan fingerprint density at radius 2 is 0.927 bits per heavy atom. The Morgan fingerprint density at radius 1 is 0.439 bits per heavy atom. The van der Waals surface area contributed by atoms with Crippen LogP contribution in [-0.4, -0.2) is 26.7 Å². The van der Waals surface area contributed by atoms with Gasteiger partial charge < -0.3 is 9.47 Å². The van der Waals surface area contributed by atoms with Crippen LogP contribution < -0.4 is 25.6 Å². The smallest absolute Gasteiger partial charge is 0.179 e. The fourth-order valence-corrected chi connectivity index (χ4v) is 11.2. The summed E-state index contributed by atoms with van der Waals surface area (Å²) in [4.78, 5) is 2.17. The molecular weight excluding hydrogens is 513 g/mol. The van der Waals surface area contributed by atoms with Crippen LogP contribution in [0.15, 0.2) is 158 Å². The molecule has 0 bridgehead atoms. The summed E-state index contributed by atoms with van der Waals surface area (Å²) in [6, 6.07) is 58.3. The van der Waals surface area contributed by atoms with E-state index in [1.807, 2.05) is 0 Å². The van der Waals surface area contributed by atoms with E-state index in [0.29, 0.717) is 0 Å². The Hall–Kier alpha value is -4.86. The molecule has 0 N–H and O–H groups in total. The van der Waals surface area contributed by atoms with Crippen molar-refractivity contribution in [2.45, 2.75) is 0 Å². The highest BCUT2D eigenvalue weighted by Crippen LogP contribution is 2.32. The molecule has 1 heterocycles. The van der Waals surface area contributed by atoms with Gasteiger partial charge in [0.2, 0.25) is 0 Å². The van der Waals surface area contributed by atoms with Crippen molar-refractivity contribution < 1.29 is 0 Å². The first-order chi connectivity index (χ1) is 20.2. The quantitative estimate of drug-likeness (QED) is 0.178. The third-order valence-corrected chi connectivity index (χ3v) is 13.1. The zero-order valence-electron chi connectivity index (χ0n) is 23.4. The van der Waals surface area contributed by atoms with Crippen LogP contribution in [0.2, 0.25) is 0 Å². The van der Waals surface area contributed by atoms with Crippen LogP contribution in [0.5, 0.6) is 0 Å². The topological polar surface area (TPSA) is 8.17 Å². The van der Waals surface area contributed by atoms with Crippen molar-refractivity contribution in [2.24, 2.45) is 0 Å². The Morgan fingerprint density at radius 3 is 1.54 bits per heavy atom. The van der Waals surface area contributed by atoms with Crippen molar-refractivity contribution in [1.29, 1.82) is 0 Å². The second kappa shape index (κ2) is 10.3. The number of anilines is 1. The molecule has 0 saturated heterocycles. The van der Waals surface area contributed by atoms with Gasteiger partial charge in [-0.3, -0.25) is 0 Å². The number of hydrogen-bond acceptors (Lipinski definition) is 1. The van der Waals surface area contributed by atoms with Gasteiger partial charge in [-0.15, -0.1) is 0 Å². The predicted octanol–water partition coefficient (Wildman–Crippen LogP) is 6.23. The molecule has 41 heavy (non-hydrogen) atoms. The number of hydrogen-bond donors (Lipinski definition) is 0. The molecule has 1 aromatic heterocycles. The number of para-hydroxylation sites is 2. The van der Waals surface area contributed by atoms with Crippen LogP contribution in [0.4, 0.5) is 5.69 Å². The Bertz CT molecular complexity index is 1900. The minimum atomic E-state index is -2.66. The summed E-state index contributed by atoms with van der Waals surface area (Å²) < 4.78 is 2.40. The van der Waals surface area contributed by atoms with Crippen molar-refractivity contribution in [3.8, 4) is 5.69 Å². The molecule has 0 aliphatic rings. The number of benzene rings is 6. The number of rotatable bonds is 6. The fourth-order valence-electron chi connectivity index (χ4n) is 6.45. The molecule has 7 aromatic rings. The first kappa shape index (κ1) is 25.1. The lowest BCUT2D eigenvalue weighted by atomic mass is 10.1. The molecule has 0 amide bonds. The van der Waals surface area contributed by atoms with Gasteiger partial charge >= 0.3 is 0 Å². The summed E-state index contributed by atoms with van der Waals surface area (Å²) in [6.45, 7) is 0. The van der Waals surface area contributed by atoms with Crippen molar-refractivity contribution >= 4 is 56.3 Å². The molecule has 0 aliphatic heterocycles. The Kier molecular flexibility index (Phi) is 6.30. The first-order valence-corrected chi connectivity index (χ1v) is 16.2. The van der Waals surface area contributed by atoms with Gasteiger partial charge in [0, 0.05) is 36.2 Å². The maximum Gasteiger partial charge on any atom is 0.179 e. The minimum Gasteiger partial charge on any atom is -0.378 e. The molecule has 6 aromatic carbocycles. The zero-order chi connectivity index (χ0) is 27.8. The molecule has 0 atom stereocenters. The zero-order valence-corrected chi connectivity index (χ0v) is 24.4. The van der Waals surface area contributed by atoms with Crippen LogP contribution in [0.3, 0.4) is 0 Å². The predicted molar refractivity (Wildman–Crippen MR) is 179 cm³/mol. The van der Waals surface area contributed by atoms with E-state index in [1.54, 1.807) is 0 Å². The Balaban J connectivity index is 1.58. The molecule has 0 unspecified atom stereocenters. The molecule has 2 nitrogen and oxygen atoms in total. The van der Waals surface area contributed by atoms with Crippen LogP contribution in [0, 0.1) is 0 Å². The van der Waals surface area contributed by atoms with Crippen LogP contribution >= 0.6 is 0 Å². The lowest BCUT2D eigenvalue weighted by Crippen LogP contribution is -2.74. The van der Waals surface area contributed by atoms with E-state index < -0.39 is 8.07 Å². The minimum absolute atomic E-state index is 1.18. The van der Waals surface area contributed by atoms with Crippen LogP contribution in [0.1, 0.15) is 0 Å². The second-order valence-corrected chi connectivity index (χ2v) is 14.7. The van der Waals surface area contributed by atoms with Crippen LogP contribution in [-0.2, 0) is 0 Å². The van der Waals surface area contributed by atoms with E-state index in [0.717, 1.165) is 0 Å². The summed E-state index contributed by atoms with van der Waals surface area (Å²) >= 11 is 0. The largest absolute Gasteiger partial charge is 0.378 e. The molecule has 0 fully saturated rings. The molecule has 3 heteroatoms. The van der Waals surface area contributed by atoms with E-state index in [9.17, 15) is 0 Å². The highest BCUT2D eigenvalue weighted by Gasteiger charge is 2.41. The first-order valence-electron chi connectivity index (χ1n) is 14.2. The van der Waals surface area contributed by atoms with Gasteiger partial charge in [0.15, 0.2) is 8.07 Å². The van der Waals surface area contributed by atoms with Gasteiger partial charge in [-0.25, -0.2) is 0 Å². The third kappa shape index (κ3) is 4.09. The summed E-state index contributed by atoms with van der Waals surface area (Å²) in [5, 5.41) is 8.10. The van der Waals surface area contributed by atoms with Crippen LogP contribution in [0.25, 0.3) is 27.5 Å². The molecule has 0 aliphatic carbocycles. The highest BCUT2D eigenvalue weighted by atomic mass is 28.3. The highest BCUT2D eigenvalue weighted by molar-refractivity contribution is 7.20. The van der Waals surface area contributed by atoms with E-state index in [1.165, 1.54) is 53.9 Å². The summed E-state index contributed by atoms with van der Waals surface area (Å²) in [5.41, 5.74) is 4.85. The monoisotopic (exact) mass is 544 g/mol. The van der Waals surface area contributed by atoms with Gasteiger partial charge in [0.05, 0.1) is 11.0 Å². The van der Waals surface area contributed by atoms with Gasteiger partial charge in [-0.05, 0) is 57.1 Å². The molecule has 0 radical (unpaired) electrons. The third-order valence-electron chi connectivity index (χ3n) is 8.35. The van der Waals surface area contributed by atoms with Gasteiger partial charge in [-0.1, -0.05) is 121 Å². The van der Waals surface area contributed by atoms with Crippen molar-refractivity contribution in [2.75, 3.05) is 19.0 Å².